The van der Waals surface area contributed by atoms with Gasteiger partial charge in [-0.1, -0.05) is 29.8 Å². The van der Waals surface area contributed by atoms with Gasteiger partial charge in [-0.3, -0.25) is 4.98 Å². The van der Waals surface area contributed by atoms with E-state index in [0.29, 0.717) is 0 Å². The van der Waals surface area contributed by atoms with Crippen molar-refractivity contribution in [3.8, 4) is 0 Å². The predicted octanol–water partition coefficient (Wildman–Crippen LogP) is 4.53. The van der Waals surface area contributed by atoms with Gasteiger partial charge in [-0.15, -0.1) is 11.6 Å². The number of nitrogens with zero attached hydrogens (tertiary/aromatic N) is 1. The van der Waals surface area contributed by atoms with Crippen LogP contribution in [0.1, 0.15) is 33.3 Å². The average Bonchev–Trinajstić information content (AvgIpc) is 2.35. The van der Waals surface area contributed by atoms with Crippen molar-refractivity contribution in [2.24, 2.45) is 0 Å². The normalized spacial score (nSPS) is 12.4. The Balaban J connectivity index is 2.25. The molecule has 0 aliphatic heterocycles. The van der Waals surface area contributed by atoms with Gasteiger partial charge >= 0.3 is 0 Å². The van der Waals surface area contributed by atoms with E-state index < -0.39 is 0 Å². The second-order valence-electron chi connectivity index (χ2n) is 4.80. The first-order chi connectivity index (χ1) is 8.58. The van der Waals surface area contributed by atoms with Crippen molar-refractivity contribution in [3.63, 3.8) is 0 Å². The molecule has 0 radical (unpaired) electrons. The number of pyridine rings is 1. The van der Waals surface area contributed by atoms with Crippen molar-refractivity contribution in [2.45, 2.75) is 32.6 Å². The fraction of sp³-hybridized carbons (Fsp3) is 0.312. The first-order valence-electron chi connectivity index (χ1n) is 6.19. The second kappa shape index (κ2) is 5.53. The standard InChI is InChI=1S/C16H18ClN/c1-11-6-7-12(2)14(9-11)15(17)10-16-13(3)5-4-8-18-16/h4-9,15H,10H2,1-3H3. The van der Waals surface area contributed by atoms with Crippen molar-refractivity contribution in [3.05, 3.63) is 64.5 Å². The number of aromatic nitrogens is 1. The highest BCUT2D eigenvalue weighted by molar-refractivity contribution is 6.21. The first-order valence-corrected chi connectivity index (χ1v) is 6.63. The largest absolute Gasteiger partial charge is 0.261 e. The number of halogens is 1. The summed E-state index contributed by atoms with van der Waals surface area (Å²) in [7, 11) is 0. The molecule has 1 aromatic carbocycles. The van der Waals surface area contributed by atoms with Crippen LogP contribution < -0.4 is 0 Å². The molecular weight excluding hydrogens is 242 g/mol. The predicted molar refractivity (Wildman–Crippen MR) is 77.2 cm³/mol. The van der Waals surface area contributed by atoms with Crippen LogP contribution in [-0.2, 0) is 6.42 Å². The van der Waals surface area contributed by atoms with Crippen LogP contribution in [0.3, 0.4) is 0 Å². The summed E-state index contributed by atoms with van der Waals surface area (Å²) in [5, 5.41) is -0.0153. The minimum atomic E-state index is -0.0153. The van der Waals surface area contributed by atoms with Crippen LogP contribution in [0, 0.1) is 20.8 Å². The van der Waals surface area contributed by atoms with E-state index in [4.69, 9.17) is 11.6 Å². The summed E-state index contributed by atoms with van der Waals surface area (Å²) in [5.41, 5.74) is 5.99. The highest BCUT2D eigenvalue weighted by Crippen LogP contribution is 2.28. The zero-order chi connectivity index (χ0) is 13.1. The van der Waals surface area contributed by atoms with Crippen molar-refractivity contribution < 1.29 is 0 Å². The quantitative estimate of drug-likeness (QED) is 0.738. The van der Waals surface area contributed by atoms with Crippen LogP contribution in [0.2, 0.25) is 0 Å². The van der Waals surface area contributed by atoms with Crippen LogP contribution in [0.15, 0.2) is 36.5 Å². The summed E-state index contributed by atoms with van der Waals surface area (Å²) < 4.78 is 0. The molecule has 0 spiro atoms. The zero-order valence-electron chi connectivity index (χ0n) is 11.1. The Hall–Kier alpha value is -1.34. The lowest BCUT2D eigenvalue weighted by Gasteiger charge is -2.14. The molecule has 18 heavy (non-hydrogen) atoms. The lowest BCUT2D eigenvalue weighted by Crippen LogP contribution is -2.02. The Morgan fingerprint density at radius 3 is 2.61 bits per heavy atom. The molecule has 0 fully saturated rings. The van der Waals surface area contributed by atoms with Crippen LogP contribution in [0.5, 0.6) is 0 Å². The van der Waals surface area contributed by atoms with Gasteiger partial charge in [0.2, 0.25) is 0 Å². The minimum absolute atomic E-state index is 0.0153. The molecule has 1 heterocycles. The minimum Gasteiger partial charge on any atom is -0.261 e. The molecule has 2 heteroatoms. The maximum Gasteiger partial charge on any atom is 0.0643 e. The number of rotatable bonds is 3. The van der Waals surface area contributed by atoms with Gasteiger partial charge in [0.15, 0.2) is 0 Å². The van der Waals surface area contributed by atoms with Crippen molar-refractivity contribution in [1.82, 2.24) is 4.98 Å². The van der Waals surface area contributed by atoms with Crippen LogP contribution in [-0.4, -0.2) is 4.98 Å². The van der Waals surface area contributed by atoms with Gasteiger partial charge in [0.05, 0.1) is 5.38 Å². The molecule has 0 saturated heterocycles. The van der Waals surface area contributed by atoms with Gasteiger partial charge in [0, 0.05) is 18.3 Å². The number of hydrogen-bond donors (Lipinski definition) is 0. The SMILES string of the molecule is Cc1ccc(C)c(C(Cl)Cc2ncccc2C)c1. The van der Waals surface area contributed by atoms with Crippen molar-refractivity contribution in [2.75, 3.05) is 0 Å². The molecule has 2 aromatic rings. The molecule has 2 rings (SSSR count). The number of aryl methyl sites for hydroxylation is 3. The van der Waals surface area contributed by atoms with Gasteiger partial charge in [-0.05, 0) is 43.5 Å². The van der Waals surface area contributed by atoms with E-state index in [-0.39, 0.29) is 5.38 Å². The zero-order valence-corrected chi connectivity index (χ0v) is 11.8. The molecule has 0 aliphatic carbocycles. The van der Waals surface area contributed by atoms with Gasteiger partial charge in [0.1, 0.15) is 0 Å². The van der Waals surface area contributed by atoms with E-state index in [1.165, 1.54) is 22.3 Å². The Bertz CT molecular complexity index is 549. The number of alkyl halides is 1. The molecule has 0 saturated carbocycles. The highest BCUT2D eigenvalue weighted by Gasteiger charge is 2.13. The van der Waals surface area contributed by atoms with E-state index in [0.717, 1.165) is 12.1 Å². The lowest BCUT2D eigenvalue weighted by atomic mass is 9.99. The van der Waals surface area contributed by atoms with Crippen molar-refractivity contribution >= 4 is 11.6 Å². The molecule has 1 unspecified atom stereocenters. The average molecular weight is 260 g/mol. The summed E-state index contributed by atoms with van der Waals surface area (Å²) in [5.74, 6) is 0. The van der Waals surface area contributed by atoms with Gasteiger partial charge < -0.3 is 0 Å². The third kappa shape index (κ3) is 2.91. The van der Waals surface area contributed by atoms with Gasteiger partial charge in [-0.2, -0.15) is 0 Å². The first kappa shape index (κ1) is 13.1. The van der Waals surface area contributed by atoms with E-state index >= 15 is 0 Å². The molecule has 0 aliphatic rings. The van der Waals surface area contributed by atoms with Crippen molar-refractivity contribution in [1.29, 1.82) is 0 Å². The fourth-order valence-corrected chi connectivity index (χ4v) is 2.49. The summed E-state index contributed by atoms with van der Waals surface area (Å²) in [6, 6.07) is 10.5. The summed E-state index contributed by atoms with van der Waals surface area (Å²) >= 11 is 6.55. The maximum absolute atomic E-state index is 6.55. The molecular formula is C16H18ClN. The molecule has 94 valence electrons. The smallest absolute Gasteiger partial charge is 0.0643 e. The molecule has 0 amide bonds. The van der Waals surface area contributed by atoms with E-state index in [2.05, 4.69) is 50.0 Å². The Morgan fingerprint density at radius 1 is 1.11 bits per heavy atom. The van der Waals surface area contributed by atoms with Crippen LogP contribution >= 0.6 is 11.6 Å². The molecule has 1 atom stereocenters. The third-order valence-corrected chi connectivity index (χ3v) is 3.65. The van der Waals surface area contributed by atoms with E-state index in [9.17, 15) is 0 Å². The fourth-order valence-electron chi connectivity index (χ4n) is 2.11. The summed E-state index contributed by atoms with van der Waals surface area (Å²) in [6.45, 7) is 6.28. The van der Waals surface area contributed by atoms with Gasteiger partial charge in [-0.25, -0.2) is 0 Å². The monoisotopic (exact) mass is 259 g/mol. The molecule has 1 aromatic heterocycles. The number of hydrogen-bond acceptors (Lipinski definition) is 1. The summed E-state index contributed by atoms with van der Waals surface area (Å²) in [4.78, 5) is 4.41. The second-order valence-corrected chi connectivity index (χ2v) is 5.33. The Morgan fingerprint density at radius 2 is 1.89 bits per heavy atom. The van der Waals surface area contributed by atoms with Crippen LogP contribution in [0.4, 0.5) is 0 Å². The molecule has 0 bridgehead atoms. The van der Waals surface area contributed by atoms with Crippen LogP contribution in [0.25, 0.3) is 0 Å². The highest BCUT2D eigenvalue weighted by atomic mass is 35.5. The third-order valence-electron chi connectivity index (χ3n) is 3.26. The molecule has 0 N–H and O–H groups in total. The Labute approximate surface area is 114 Å². The summed E-state index contributed by atoms with van der Waals surface area (Å²) in [6.07, 6.45) is 2.60. The van der Waals surface area contributed by atoms with E-state index in [1.807, 2.05) is 12.3 Å². The van der Waals surface area contributed by atoms with Gasteiger partial charge in [0.25, 0.3) is 0 Å². The topological polar surface area (TPSA) is 12.9 Å². The molecule has 1 nitrogen and oxygen atoms in total. The van der Waals surface area contributed by atoms with E-state index in [1.54, 1.807) is 0 Å². The Kier molecular flexibility index (Phi) is 4.03. The number of benzene rings is 1. The lowest BCUT2D eigenvalue weighted by molar-refractivity contribution is 0.862. The maximum atomic E-state index is 6.55.